The van der Waals surface area contributed by atoms with Gasteiger partial charge in [0.15, 0.2) is 0 Å². The van der Waals surface area contributed by atoms with Crippen molar-refractivity contribution < 1.29 is 9.18 Å². The molecule has 1 amide bonds. The molecule has 0 unspecified atom stereocenters. The zero-order valence-electron chi connectivity index (χ0n) is 12.2. The van der Waals surface area contributed by atoms with Gasteiger partial charge in [0.05, 0.1) is 5.56 Å². The predicted molar refractivity (Wildman–Crippen MR) is 82.3 cm³/mol. The fourth-order valence-electron chi connectivity index (χ4n) is 2.14. The van der Waals surface area contributed by atoms with E-state index in [1.165, 1.54) is 18.2 Å². The van der Waals surface area contributed by atoms with Crippen LogP contribution < -0.4 is 5.73 Å². The quantitative estimate of drug-likeness (QED) is 0.875. The van der Waals surface area contributed by atoms with E-state index in [-0.39, 0.29) is 17.5 Å². The molecule has 110 valence electrons. The lowest BCUT2D eigenvalue weighted by Gasteiger charge is -2.27. The fourth-order valence-corrected chi connectivity index (χ4v) is 2.14. The maximum absolute atomic E-state index is 13.4. The Bertz CT molecular complexity index is 626. The second-order valence-electron chi connectivity index (χ2n) is 5.24. The largest absolute Gasteiger partial charge is 0.398 e. The number of nitrogens with zero attached hydrogens (tertiary/aromatic N) is 1. The Morgan fingerprint density at radius 1 is 1.19 bits per heavy atom. The molecular weight excluding hydrogens is 267 g/mol. The van der Waals surface area contributed by atoms with Crippen molar-refractivity contribution in [3.8, 4) is 0 Å². The van der Waals surface area contributed by atoms with E-state index in [9.17, 15) is 9.18 Å². The molecule has 0 spiro atoms. The van der Waals surface area contributed by atoms with E-state index in [1.54, 1.807) is 4.90 Å². The highest BCUT2D eigenvalue weighted by Gasteiger charge is 2.21. The van der Waals surface area contributed by atoms with Crippen LogP contribution in [0.3, 0.4) is 0 Å². The highest BCUT2D eigenvalue weighted by Crippen LogP contribution is 2.19. The summed E-state index contributed by atoms with van der Waals surface area (Å²) in [7, 11) is 0. The van der Waals surface area contributed by atoms with Crippen molar-refractivity contribution in [3.05, 3.63) is 65.5 Å². The first-order valence-corrected chi connectivity index (χ1v) is 6.89. The third-order valence-electron chi connectivity index (χ3n) is 3.33. The number of rotatable bonds is 4. The van der Waals surface area contributed by atoms with Crippen LogP contribution >= 0.6 is 0 Å². The summed E-state index contributed by atoms with van der Waals surface area (Å²) in [6.07, 6.45) is 0. The number of halogens is 1. The Hall–Kier alpha value is -2.36. The van der Waals surface area contributed by atoms with Gasteiger partial charge in [-0.3, -0.25) is 4.79 Å². The molecule has 21 heavy (non-hydrogen) atoms. The first-order valence-electron chi connectivity index (χ1n) is 6.89. The normalized spacial score (nSPS) is 10.7. The van der Waals surface area contributed by atoms with Gasteiger partial charge in [0.2, 0.25) is 0 Å². The summed E-state index contributed by atoms with van der Waals surface area (Å²) in [4.78, 5) is 14.3. The molecule has 0 saturated carbocycles. The van der Waals surface area contributed by atoms with Crippen molar-refractivity contribution in [3.63, 3.8) is 0 Å². The Balaban J connectivity index is 2.30. The third kappa shape index (κ3) is 3.60. The van der Waals surface area contributed by atoms with Gasteiger partial charge in [-0.25, -0.2) is 4.39 Å². The summed E-state index contributed by atoms with van der Waals surface area (Å²) in [6.45, 7) is 4.32. The van der Waals surface area contributed by atoms with E-state index < -0.39 is 5.82 Å². The molecule has 0 heterocycles. The van der Waals surface area contributed by atoms with Crippen LogP contribution in [0.1, 0.15) is 29.8 Å². The number of benzene rings is 2. The van der Waals surface area contributed by atoms with Crippen molar-refractivity contribution >= 4 is 11.6 Å². The number of nitrogen functional groups attached to an aromatic ring is 1. The standard InChI is InChI=1S/C17H19FN2O/c1-12(2)20(11-13-6-4-3-5-7-13)17(21)15-10-14(18)8-9-16(15)19/h3-10,12H,11,19H2,1-2H3. The molecule has 3 nitrogen and oxygen atoms in total. The van der Waals surface area contributed by atoms with E-state index in [0.717, 1.165) is 5.56 Å². The number of carbonyl (C=O) groups excluding carboxylic acids is 1. The molecule has 2 rings (SSSR count). The summed E-state index contributed by atoms with van der Waals surface area (Å²) >= 11 is 0. The summed E-state index contributed by atoms with van der Waals surface area (Å²) in [6, 6.07) is 13.5. The minimum atomic E-state index is -0.462. The molecule has 0 radical (unpaired) electrons. The topological polar surface area (TPSA) is 46.3 Å². The Morgan fingerprint density at radius 2 is 1.86 bits per heavy atom. The number of hydrogen-bond acceptors (Lipinski definition) is 2. The SMILES string of the molecule is CC(C)N(Cc1ccccc1)C(=O)c1cc(F)ccc1N. The second kappa shape index (κ2) is 6.39. The van der Waals surface area contributed by atoms with Crippen LogP contribution in [0.15, 0.2) is 48.5 Å². The first kappa shape index (κ1) is 15.0. The summed E-state index contributed by atoms with van der Waals surface area (Å²) < 4.78 is 13.4. The van der Waals surface area contributed by atoms with Crippen molar-refractivity contribution in [1.29, 1.82) is 0 Å². The molecule has 0 bridgehead atoms. The highest BCUT2D eigenvalue weighted by molar-refractivity contribution is 5.99. The summed E-state index contributed by atoms with van der Waals surface area (Å²) in [5.74, 6) is -0.721. The van der Waals surface area contributed by atoms with Crippen LogP contribution in [0.2, 0.25) is 0 Å². The molecule has 0 atom stereocenters. The van der Waals surface area contributed by atoms with Crippen LogP contribution in [0.4, 0.5) is 10.1 Å². The van der Waals surface area contributed by atoms with E-state index in [2.05, 4.69) is 0 Å². The smallest absolute Gasteiger partial charge is 0.256 e. The summed E-state index contributed by atoms with van der Waals surface area (Å²) in [5, 5.41) is 0. The van der Waals surface area contributed by atoms with Gasteiger partial charge >= 0.3 is 0 Å². The van der Waals surface area contributed by atoms with Gasteiger partial charge in [0.25, 0.3) is 5.91 Å². The monoisotopic (exact) mass is 286 g/mol. The molecule has 2 aromatic carbocycles. The number of nitrogens with two attached hydrogens (primary N) is 1. The summed E-state index contributed by atoms with van der Waals surface area (Å²) in [5.41, 5.74) is 7.33. The van der Waals surface area contributed by atoms with E-state index in [0.29, 0.717) is 12.2 Å². The molecule has 0 aliphatic heterocycles. The van der Waals surface area contributed by atoms with E-state index >= 15 is 0 Å². The Morgan fingerprint density at radius 3 is 2.48 bits per heavy atom. The van der Waals surface area contributed by atoms with Gasteiger partial charge in [-0.15, -0.1) is 0 Å². The van der Waals surface area contributed by atoms with Gasteiger partial charge in [-0.1, -0.05) is 30.3 Å². The molecule has 0 aliphatic carbocycles. The molecule has 2 N–H and O–H groups in total. The molecule has 4 heteroatoms. The molecule has 2 aromatic rings. The van der Waals surface area contributed by atoms with Crippen LogP contribution in [0.5, 0.6) is 0 Å². The lowest BCUT2D eigenvalue weighted by Crippen LogP contribution is -2.36. The highest BCUT2D eigenvalue weighted by atomic mass is 19.1. The Labute approximate surface area is 124 Å². The fraction of sp³-hybridized carbons (Fsp3) is 0.235. The first-order chi connectivity index (χ1) is 9.99. The van der Waals surface area contributed by atoms with Crippen LogP contribution in [0, 0.1) is 5.82 Å². The molecule has 0 saturated heterocycles. The van der Waals surface area contributed by atoms with Gasteiger partial charge in [-0.05, 0) is 37.6 Å². The molecule has 0 aliphatic rings. The lowest BCUT2D eigenvalue weighted by atomic mass is 10.1. The predicted octanol–water partition coefficient (Wildman–Crippen LogP) is 3.46. The molecular formula is C17H19FN2O. The minimum Gasteiger partial charge on any atom is -0.398 e. The maximum Gasteiger partial charge on any atom is 0.256 e. The Kier molecular flexibility index (Phi) is 4.58. The van der Waals surface area contributed by atoms with Gasteiger partial charge < -0.3 is 10.6 Å². The van der Waals surface area contributed by atoms with Crippen molar-refractivity contribution in [2.45, 2.75) is 26.4 Å². The minimum absolute atomic E-state index is 0.0135. The van der Waals surface area contributed by atoms with Crippen LogP contribution in [-0.4, -0.2) is 16.8 Å². The lowest BCUT2D eigenvalue weighted by molar-refractivity contribution is 0.0691. The number of carbonyl (C=O) groups is 1. The number of hydrogen-bond donors (Lipinski definition) is 1. The molecule has 0 aromatic heterocycles. The van der Waals surface area contributed by atoms with Gasteiger partial charge in [-0.2, -0.15) is 0 Å². The zero-order chi connectivity index (χ0) is 15.4. The van der Waals surface area contributed by atoms with Crippen molar-refractivity contribution in [2.24, 2.45) is 0 Å². The van der Waals surface area contributed by atoms with Gasteiger partial charge in [0.1, 0.15) is 5.82 Å². The van der Waals surface area contributed by atoms with Gasteiger partial charge in [0, 0.05) is 18.3 Å². The van der Waals surface area contributed by atoms with Crippen LogP contribution in [0.25, 0.3) is 0 Å². The number of anilines is 1. The molecule has 0 fully saturated rings. The van der Waals surface area contributed by atoms with Crippen molar-refractivity contribution in [1.82, 2.24) is 4.90 Å². The third-order valence-corrected chi connectivity index (χ3v) is 3.33. The van der Waals surface area contributed by atoms with Crippen LogP contribution in [-0.2, 0) is 6.54 Å². The van der Waals surface area contributed by atoms with Crippen molar-refractivity contribution in [2.75, 3.05) is 5.73 Å². The number of amides is 1. The maximum atomic E-state index is 13.4. The van der Waals surface area contributed by atoms with E-state index in [4.69, 9.17) is 5.73 Å². The van der Waals surface area contributed by atoms with E-state index in [1.807, 2.05) is 44.2 Å². The zero-order valence-corrected chi connectivity index (χ0v) is 12.2. The second-order valence-corrected chi connectivity index (χ2v) is 5.24. The average molecular weight is 286 g/mol. The average Bonchev–Trinajstić information content (AvgIpc) is 2.47.